The fourth-order valence-corrected chi connectivity index (χ4v) is 4.67. The third-order valence-corrected chi connectivity index (χ3v) is 5.68. The molecule has 2 saturated heterocycles. The summed E-state index contributed by atoms with van der Waals surface area (Å²) < 4.78 is 17.0. The van der Waals surface area contributed by atoms with Crippen molar-refractivity contribution < 1.29 is 14.0 Å². The van der Waals surface area contributed by atoms with Crippen LogP contribution in [0.5, 0.6) is 0 Å². The summed E-state index contributed by atoms with van der Waals surface area (Å²) in [6, 6.07) is 2.60. The van der Waals surface area contributed by atoms with Crippen molar-refractivity contribution in [2.24, 2.45) is 5.41 Å². The molecular weight excluding hydrogens is 292 g/mol. The van der Waals surface area contributed by atoms with Gasteiger partial charge in [-0.2, -0.15) is 0 Å². The van der Waals surface area contributed by atoms with E-state index in [1.54, 1.807) is 5.57 Å². The van der Waals surface area contributed by atoms with Gasteiger partial charge in [-0.1, -0.05) is 16.8 Å². The second-order valence-corrected chi connectivity index (χ2v) is 7.08. The first-order valence-corrected chi connectivity index (χ1v) is 8.79. The van der Waals surface area contributed by atoms with E-state index in [0.29, 0.717) is 6.04 Å². The summed E-state index contributed by atoms with van der Waals surface area (Å²) in [4.78, 5) is 2.60. The Kier molecular flexibility index (Phi) is 4.26. The Morgan fingerprint density at radius 2 is 2.30 bits per heavy atom. The van der Waals surface area contributed by atoms with E-state index in [-0.39, 0.29) is 5.41 Å². The van der Waals surface area contributed by atoms with Crippen molar-refractivity contribution in [2.45, 2.75) is 45.2 Å². The fraction of sp³-hybridized carbons (Fsp3) is 0.722. The van der Waals surface area contributed by atoms with Crippen LogP contribution >= 0.6 is 0 Å². The first kappa shape index (κ1) is 15.4. The van der Waals surface area contributed by atoms with E-state index < -0.39 is 0 Å². The van der Waals surface area contributed by atoms with E-state index in [9.17, 15) is 0 Å². The molecule has 4 heterocycles. The lowest BCUT2D eigenvalue weighted by molar-refractivity contribution is -0.0890. The minimum absolute atomic E-state index is 0.176. The van der Waals surface area contributed by atoms with Gasteiger partial charge in [-0.25, -0.2) is 0 Å². The molecule has 5 nitrogen and oxygen atoms in total. The number of likely N-dealkylation sites (tertiary alicyclic amines) is 1. The van der Waals surface area contributed by atoms with Gasteiger partial charge in [-0.3, -0.25) is 4.90 Å². The second kappa shape index (κ2) is 6.38. The van der Waals surface area contributed by atoms with Gasteiger partial charge in [0.2, 0.25) is 0 Å². The Bertz CT molecular complexity index is 579. The number of aromatic nitrogens is 1. The van der Waals surface area contributed by atoms with Crippen LogP contribution in [0.1, 0.15) is 37.1 Å². The number of hydrogen-bond donors (Lipinski definition) is 0. The van der Waals surface area contributed by atoms with Crippen LogP contribution in [0, 0.1) is 12.3 Å². The highest BCUT2D eigenvalue weighted by atomic mass is 16.5. The zero-order chi connectivity index (χ0) is 15.7. The SMILES string of the molecule is Cc1cc(CN2CCC[C@@]3(C4=CCOCC4)COCC[C@H]23)on1. The van der Waals surface area contributed by atoms with E-state index in [0.717, 1.165) is 63.8 Å². The highest BCUT2D eigenvalue weighted by Gasteiger charge is 2.49. The monoisotopic (exact) mass is 318 g/mol. The Morgan fingerprint density at radius 3 is 3.09 bits per heavy atom. The molecule has 2 fully saturated rings. The Balaban J connectivity index is 1.60. The number of hydrogen-bond acceptors (Lipinski definition) is 5. The van der Waals surface area contributed by atoms with Crippen LogP contribution in [0.2, 0.25) is 0 Å². The van der Waals surface area contributed by atoms with Gasteiger partial charge in [-0.05, 0) is 39.2 Å². The Morgan fingerprint density at radius 1 is 1.35 bits per heavy atom. The summed E-state index contributed by atoms with van der Waals surface area (Å²) in [5.74, 6) is 0.978. The number of nitrogens with zero attached hydrogens (tertiary/aromatic N) is 2. The zero-order valence-corrected chi connectivity index (χ0v) is 13.9. The van der Waals surface area contributed by atoms with E-state index in [1.807, 2.05) is 6.92 Å². The normalized spacial score (nSPS) is 32.4. The van der Waals surface area contributed by atoms with Crippen LogP contribution in [0.3, 0.4) is 0 Å². The van der Waals surface area contributed by atoms with Gasteiger partial charge in [0.05, 0.1) is 32.1 Å². The molecule has 1 aromatic rings. The highest BCUT2D eigenvalue weighted by Crippen LogP contribution is 2.48. The van der Waals surface area contributed by atoms with Crippen molar-refractivity contribution in [1.82, 2.24) is 10.1 Å². The highest BCUT2D eigenvalue weighted by molar-refractivity contribution is 5.23. The summed E-state index contributed by atoms with van der Waals surface area (Å²) in [5, 5.41) is 4.04. The van der Waals surface area contributed by atoms with Gasteiger partial charge in [0.25, 0.3) is 0 Å². The molecule has 5 heteroatoms. The molecule has 1 aromatic heterocycles. The Hall–Kier alpha value is -1.17. The second-order valence-electron chi connectivity index (χ2n) is 7.08. The molecule has 4 rings (SSSR count). The molecule has 3 aliphatic heterocycles. The topological polar surface area (TPSA) is 47.7 Å². The summed E-state index contributed by atoms with van der Waals surface area (Å²) >= 11 is 0. The fourth-order valence-electron chi connectivity index (χ4n) is 4.67. The third-order valence-electron chi connectivity index (χ3n) is 5.68. The predicted molar refractivity (Wildman–Crippen MR) is 86.1 cm³/mol. The molecule has 0 saturated carbocycles. The van der Waals surface area contributed by atoms with Gasteiger partial charge >= 0.3 is 0 Å². The molecule has 0 aromatic carbocycles. The summed E-state index contributed by atoms with van der Waals surface area (Å²) in [7, 11) is 0. The van der Waals surface area contributed by atoms with E-state index >= 15 is 0 Å². The first-order chi connectivity index (χ1) is 11.3. The molecule has 2 atom stereocenters. The van der Waals surface area contributed by atoms with Crippen molar-refractivity contribution in [3.63, 3.8) is 0 Å². The molecule has 3 aliphatic rings. The summed E-state index contributed by atoms with van der Waals surface area (Å²) in [5.41, 5.74) is 2.70. The maximum absolute atomic E-state index is 5.95. The number of aryl methyl sites for hydroxylation is 1. The van der Waals surface area contributed by atoms with Crippen LogP contribution in [-0.2, 0) is 16.0 Å². The van der Waals surface area contributed by atoms with Crippen LogP contribution in [0.15, 0.2) is 22.2 Å². The lowest BCUT2D eigenvalue weighted by atomic mass is 9.65. The number of piperidine rings is 1. The van der Waals surface area contributed by atoms with Crippen molar-refractivity contribution in [3.8, 4) is 0 Å². The summed E-state index contributed by atoms with van der Waals surface area (Å²) in [6.45, 7) is 7.30. The molecule has 0 unspecified atom stereocenters. The maximum Gasteiger partial charge on any atom is 0.150 e. The molecule has 0 bridgehead atoms. The van der Waals surface area contributed by atoms with Crippen molar-refractivity contribution >= 4 is 0 Å². The summed E-state index contributed by atoms with van der Waals surface area (Å²) in [6.07, 6.45) is 6.91. The smallest absolute Gasteiger partial charge is 0.150 e. The molecule has 0 aliphatic carbocycles. The number of ether oxygens (including phenoxy) is 2. The molecule has 126 valence electrons. The van der Waals surface area contributed by atoms with Gasteiger partial charge in [0.15, 0.2) is 5.76 Å². The molecule has 0 N–H and O–H groups in total. The number of rotatable bonds is 3. The van der Waals surface area contributed by atoms with Crippen molar-refractivity contribution in [3.05, 3.63) is 29.2 Å². The van der Waals surface area contributed by atoms with Gasteiger partial charge in [0.1, 0.15) is 0 Å². The lowest BCUT2D eigenvalue weighted by Crippen LogP contribution is -2.57. The molecule has 23 heavy (non-hydrogen) atoms. The molecule has 0 radical (unpaired) electrons. The van der Waals surface area contributed by atoms with Gasteiger partial charge in [0, 0.05) is 24.1 Å². The molecule has 0 spiro atoms. The van der Waals surface area contributed by atoms with Crippen molar-refractivity contribution in [2.75, 3.05) is 33.0 Å². The van der Waals surface area contributed by atoms with Gasteiger partial charge < -0.3 is 14.0 Å². The largest absolute Gasteiger partial charge is 0.380 e. The lowest BCUT2D eigenvalue weighted by Gasteiger charge is -2.54. The van der Waals surface area contributed by atoms with Crippen molar-refractivity contribution in [1.29, 1.82) is 0 Å². The predicted octanol–water partition coefficient (Wildman–Crippen LogP) is 2.70. The van der Waals surface area contributed by atoms with E-state index in [1.165, 1.54) is 12.8 Å². The minimum atomic E-state index is 0.176. The standard InChI is InChI=1S/C18H26N2O3/c1-14-11-16(23-19-14)12-20-7-2-6-18(13-22-10-5-17(18)20)15-3-8-21-9-4-15/h3,11,17H,2,4-10,12-13H2,1H3/t17-,18-/m0/s1. The van der Waals surface area contributed by atoms with Crippen LogP contribution in [0.4, 0.5) is 0 Å². The average Bonchev–Trinajstić information content (AvgIpc) is 3.01. The quantitative estimate of drug-likeness (QED) is 0.802. The van der Waals surface area contributed by atoms with E-state index in [4.69, 9.17) is 14.0 Å². The Labute approximate surface area is 137 Å². The minimum Gasteiger partial charge on any atom is -0.380 e. The van der Waals surface area contributed by atoms with Gasteiger partial charge in [-0.15, -0.1) is 0 Å². The average molecular weight is 318 g/mol. The number of fused-ring (bicyclic) bond motifs is 1. The van der Waals surface area contributed by atoms with Crippen LogP contribution in [-0.4, -0.2) is 49.1 Å². The van der Waals surface area contributed by atoms with E-state index in [2.05, 4.69) is 22.2 Å². The van der Waals surface area contributed by atoms with Crippen LogP contribution in [0.25, 0.3) is 0 Å². The molecule has 0 amide bonds. The maximum atomic E-state index is 5.95. The zero-order valence-electron chi connectivity index (χ0n) is 13.9. The van der Waals surface area contributed by atoms with Crippen LogP contribution < -0.4 is 0 Å². The first-order valence-electron chi connectivity index (χ1n) is 8.79. The molecular formula is C18H26N2O3. The third kappa shape index (κ3) is 2.86.